The number of nitrogens with one attached hydrogen (secondary N) is 1. The Labute approximate surface area is 132 Å². The van der Waals surface area contributed by atoms with E-state index in [-0.39, 0.29) is 35.8 Å². The average Bonchev–Trinajstić information content (AvgIpc) is 2.54. The predicted octanol–water partition coefficient (Wildman–Crippen LogP) is 3.09. The average molecular weight is 316 g/mol. The Hall–Kier alpha value is -3.09. The molecule has 7 heteroatoms. The van der Waals surface area contributed by atoms with Gasteiger partial charge < -0.3 is 15.2 Å². The van der Waals surface area contributed by atoms with E-state index in [9.17, 15) is 20.0 Å². The van der Waals surface area contributed by atoms with E-state index in [1.54, 1.807) is 25.1 Å². The number of phenols is 1. The van der Waals surface area contributed by atoms with E-state index in [2.05, 4.69) is 5.32 Å². The van der Waals surface area contributed by atoms with Crippen LogP contribution in [-0.4, -0.2) is 22.6 Å². The molecule has 23 heavy (non-hydrogen) atoms. The maximum Gasteiger partial charge on any atom is 0.338 e. The summed E-state index contributed by atoms with van der Waals surface area (Å²) in [6.45, 7) is 2.08. The third-order valence-corrected chi connectivity index (χ3v) is 3.17. The number of rotatable bonds is 6. The molecule has 0 saturated carbocycles. The van der Waals surface area contributed by atoms with Crippen molar-refractivity contribution in [2.75, 3.05) is 11.9 Å². The summed E-state index contributed by atoms with van der Waals surface area (Å²) in [4.78, 5) is 22.3. The van der Waals surface area contributed by atoms with Gasteiger partial charge in [-0.25, -0.2) is 4.79 Å². The van der Waals surface area contributed by atoms with Gasteiger partial charge in [0.05, 0.1) is 17.1 Å². The van der Waals surface area contributed by atoms with Crippen LogP contribution in [0, 0.1) is 10.1 Å². The molecule has 0 bridgehead atoms. The number of esters is 1. The number of nitrogens with zero attached hydrogens (tertiary/aromatic N) is 1. The topological polar surface area (TPSA) is 102 Å². The Bertz CT molecular complexity index is 730. The first-order valence-corrected chi connectivity index (χ1v) is 6.99. The summed E-state index contributed by atoms with van der Waals surface area (Å²) in [5.41, 5.74) is 0.831. The fourth-order valence-electron chi connectivity index (χ4n) is 2.03. The summed E-state index contributed by atoms with van der Waals surface area (Å²) in [6.07, 6.45) is 0. The molecular weight excluding hydrogens is 300 g/mol. The predicted molar refractivity (Wildman–Crippen MR) is 84.5 cm³/mol. The Morgan fingerprint density at radius 1 is 1.30 bits per heavy atom. The monoisotopic (exact) mass is 316 g/mol. The Kier molecular flexibility index (Phi) is 5.14. The van der Waals surface area contributed by atoms with E-state index >= 15 is 0 Å². The zero-order chi connectivity index (χ0) is 16.8. The minimum absolute atomic E-state index is 0.0872. The molecule has 0 radical (unpaired) electrons. The van der Waals surface area contributed by atoms with Gasteiger partial charge in [0.15, 0.2) is 0 Å². The lowest BCUT2D eigenvalue weighted by atomic mass is 10.1. The molecule has 0 aromatic heterocycles. The molecule has 0 amide bonds. The number of aromatic hydroxyl groups is 1. The van der Waals surface area contributed by atoms with Crippen LogP contribution >= 0.6 is 0 Å². The van der Waals surface area contributed by atoms with E-state index in [1.807, 2.05) is 0 Å². The first-order chi connectivity index (χ1) is 11.0. The van der Waals surface area contributed by atoms with Gasteiger partial charge in [-0.3, -0.25) is 10.1 Å². The zero-order valence-corrected chi connectivity index (χ0v) is 12.5. The molecule has 0 aliphatic carbocycles. The van der Waals surface area contributed by atoms with Crippen LogP contribution in [-0.2, 0) is 11.3 Å². The lowest BCUT2D eigenvalue weighted by Crippen LogP contribution is -2.08. The number of benzene rings is 2. The number of nitro benzene ring substituents is 1. The van der Waals surface area contributed by atoms with Gasteiger partial charge in [-0.05, 0) is 25.1 Å². The van der Waals surface area contributed by atoms with Gasteiger partial charge in [-0.15, -0.1) is 0 Å². The molecule has 0 spiro atoms. The van der Waals surface area contributed by atoms with Gasteiger partial charge in [-0.1, -0.05) is 18.2 Å². The molecule has 0 saturated heterocycles. The van der Waals surface area contributed by atoms with Crippen molar-refractivity contribution in [1.82, 2.24) is 0 Å². The van der Waals surface area contributed by atoms with Gasteiger partial charge in [0, 0.05) is 18.2 Å². The normalized spacial score (nSPS) is 10.1. The van der Waals surface area contributed by atoms with E-state index in [1.165, 1.54) is 24.3 Å². The van der Waals surface area contributed by atoms with Crippen LogP contribution in [0.3, 0.4) is 0 Å². The van der Waals surface area contributed by atoms with Crippen molar-refractivity contribution in [3.05, 3.63) is 63.7 Å². The number of hydrogen-bond donors (Lipinski definition) is 2. The Morgan fingerprint density at radius 3 is 2.70 bits per heavy atom. The molecule has 0 fully saturated rings. The van der Waals surface area contributed by atoms with Crippen molar-refractivity contribution in [3.63, 3.8) is 0 Å². The lowest BCUT2D eigenvalue weighted by Gasteiger charge is -2.10. The van der Waals surface area contributed by atoms with E-state index < -0.39 is 10.9 Å². The molecule has 7 nitrogen and oxygen atoms in total. The molecule has 2 rings (SSSR count). The first-order valence-electron chi connectivity index (χ1n) is 6.99. The highest BCUT2D eigenvalue weighted by atomic mass is 16.6. The van der Waals surface area contributed by atoms with Gasteiger partial charge in [-0.2, -0.15) is 0 Å². The highest BCUT2D eigenvalue weighted by Gasteiger charge is 2.17. The van der Waals surface area contributed by atoms with Crippen LogP contribution in [0.15, 0.2) is 42.5 Å². The van der Waals surface area contributed by atoms with Crippen LogP contribution in [0.5, 0.6) is 5.75 Å². The summed E-state index contributed by atoms with van der Waals surface area (Å²) in [6, 6.07) is 10.6. The highest BCUT2D eigenvalue weighted by Crippen LogP contribution is 2.27. The Balaban J connectivity index is 2.27. The highest BCUT2D eigenvalue weighted by molar-refractivity contribution is 5.91. The van der Waals surface area contributed by atoms with Crippen molar-refractivity contribution in [2.45, 2.75) is 13.5 Å². The zero-order valence-electron chi connectivity index (χ0n) is 12.5. The van der Waals surface area contributed by atoms with Crippen molar-refractivity contribution < 1.29 is 19.6 Å². The minimum atomic E-state index is -0.548. The number of phenolic OH excluding ortho intramolecular Hbond substituents is 1. The second-order valence-electron chi connectivity index (χ2n) is 4.69. The number of ether oxygens (including phenoxy) is 1. The number of carbonyl (C=O) groups excluding carboxylic acids is 1. The summed E-state index contributed by atoms with van der Waals surface area (Å²) < 4.78 is 4.89. The molecule has 2 aromatic carbocycles. The van der Waals surface area contributed by atoms with Crippen LogP contribution < -0.4 is 5.32 Å². The fraction of sp³-hybridized carbons (Fsp3) is 0.188. The van der Waals surface area contributed by atoms with Crippen molar-refractivity contribution >= 4 is 17.3 Å². The van der Waals surface area contributed by atoms with Crippen molar-refractivity contribution in [1.29, 1.82) is 0 Å². The molecule has 2 aromatic rings. The third kappa shape index (κ3) is 3.97. The van der Waals surface area contributed by atoms with Gasteiger partial charge >= 0.3 is 5.97 Å². The quantitative estimate of drug-likeness (QED) is 0.482. The molecular formula is C16H16N2O5. The number of anilines is 1. The van der Waals surface area contributed by atoms with Crippen molar-refractivity contribution in [2.24, 2.45) is 0 Å². The summed E-state index contributed by atoms with van der Waals surface area (Å²) in [5, 5.41) is 23.7. The van der Waals surface area contributed by atoms with Crippen LogP contribution in [0.1, 0.15) is 22.8 Å². The lowest BCUT2D eigenvalue weighted by molar-refractivity contribution is -0.384. The maximum atomic E-state index is 11.7. The van der Waals surface area contributed by atoms with E-state index in [0.29, 0.717) is 5.56 Å². The number of nitro groups is 1. The maximum absolute atomic E-state index is 11.7. The number of carbonyl (C=O) groups is 1. The molecule has 0 aliphatic rings. The molecule has 0 unspecified atom stereocenters. The number of para-hydroxylation sites is 1. The molecule has 0 aliphatic heterocycles. The van der Waals surface area contributed by atoms with Crippen LogP contribution in [0.4, 0.5) is 11.4 Å². The van der Waals surface area contributed by atoms with Crippen LogP contribution in [0.2, 0.25) is 0 Å². The molecule has 0 atom stereocenters. The minimum Gasteiger partial charge on any atom is -0.508 e. The third-order valence-electron chi connectivity index (χ3n) is 3.17. The molecule has 120 valence electrons. The van der Waals surface area contributed by atoms with Gasteiger partial charge in [0.25, 0.3) is 5.69 Å². The second kappa shape index (κ2) is 7.26. The molecule has 0 heterocycles. The standard InChI is InChI=1S/C16H16N2O5/c1-2-23-16(20)11-7-8-14(18(21)22)13(9-11)17-10-12-5-3-4-6-15(12)19/h3-9,17,19H,2,10H2,1H3. The van der Waals surface area contributed by atoms with Crippen molar-refractivity contribution in [3.8, 4) is 5.75 Å². The largest absolute Gasteiger partial charge is 0.508 e. The summed E-state index contributed by atoms with van der Waals surface area (Å²) in [7, 11) is 0. The first kappa shape index (κ1) is 16.3. The Morgan fingerprint density at radius 2 is 2.04 bits per heavy atom. The SMILES string of the molecule is CCOC(=O)c1ccc([N+](=O)[O-])c(NCc2ccccc2O)c1. The van der Waals surface area contributed by atoms with Gasteiger partial charge in [0.2, 0.25) is 0 Å². The van der Waals surface area contributed by atoms with E-state index in [4.69, 9.17) is 4.74 Å². The van der Waals surface area contributed by atoms with Gasteiger partial charge in [0.1, 0.15) is 11.4 Å². The fourth-order valence-corrected chi connectivity index (χ4v) is 2.03. The molecule has 2 N–H and O–H groups in total. The second-order valence-corrected chi connectivity index (χ2v) is 4.69. The van der Waals surface area contributed by atoms with E-state index in [0.717, 1.165) is 0 Å². The van der Waals surface area contributed by atoms with Crippen LogP contribution in [0.25, 0.3) is 0 Å². The summed E-state index contributed by atoms with van der Waals surface area (Å²) in [5.74, 6) is -0.461. The smallest absolute Gasteiger partial charge is 0.338 e. The summed E-state index contributed by atoms with van der Waals surface area (Å²) >= 11 is 0. The number of hydrogen-bond acceptors (Lipinski definition) is 6.